The van der Waals surface area contributed by atoms with Gasteiger partial charge in [0.1, 0.15) is 6.10 Å². The number of carbonyl (C=O) groups is 2. The highest BCUT2D eigenvalue weighted by Crippen LogP contribution is 2.78. The lowest BCUT2D eigenvalue weighted by molar-refractivity contribution is -0.279. The van der Waals surface area contributed by atoms with Crippen molar-refractivity contribution in [2.45, 2.75) is 131 Å². The molecule has 0 heterocycles. The van der Waals surface area contributed by atoms with Gasteiger partial charge in [0.2, 0.25) is 0 Å². The molecule has 0 aliphatic heterocycles. The zero-order valence-electron chi connectivity index (χ0n) is 24.7. The van der Waals surface area contributed by atoms with Crippen LogP contribution in [0.1, 0.15) is 120 Å². The van der Waals surface area contributed by atoms with E-state index in [0.717, 1.165) is 64.2 Å². The van der Waals surface area contributed by atoms with Crippen molar-refractivity contribution in [1.29, 1.82) is 0 Å². The number of hydrogen-bond donors (Lipinski definition) is 2. The van der Waals surface area contributed by atoms with Crippen molar-refractivity contribution in [1.82, 2.24) is 0 Å². The molecule has 0 amide bonds. The van der Waals surface area contributed by atoms with Gasteiger partial charge in [0, 0.05) is 12.3 Å². The average molecular weight is 517 g/mol. The van der Waals surface area contributed by atoms with Crippen LogP contribution in [-0.4, -0.2) is 33.9 Å². The Morgan fingerprint density at radius 3 is 2.08 bits per heavy atom. The van der Waals surface area contributed by atoms with Gasteiger partial charge in [-0.05, 0) is 124 Å². The minimum Gasteiger partial charge on any atom is -0.481 e. The average Bonchev–Trinajstić information content (AvgIpc) is 3.11. The van der Waals surface area contributed by atoms with Gasteiger partial charge >= 0.3 is 11.9 Å². The molecule has 0 aromatic heterocycles. The summed E-state index contributed by atoms with van der Waals surface area (Å²) in [5, 5.41) is 21.5. The number of esters is 1. The van der Waals surface area contributed by atoms with Crippen LogP contribution >= 0.6 is 0 Å². The van der Waals surface area contributed by atoms with E-state index >= 15 is 0 Å². The Bertz CT molecular complexity index is 969. The van der Waals surface area contributed by atoms with Gasteiger partial charge in [0.25, 0.3) is 0 Å². The van der Waals surface area contributed by atoms with E-state index in [9.17, 15) is 19.8 Å². The summed E-state index contributed by atoms with van der Waals surface area (Å²) in [5.74, 6) is 0.763. The Morgan fingerprint density at radius 2 is 1.49 bits per heavy atom. The largest absolute Gasteiger partial charge is 0.481 e. The molecule has 5 saturated carbocycles. The highest BCUT2D eigenvalue weighted by molar-refractivity contribution is 5.75. The number of rotatable bonds is 3. The molecule has 0 aromatic carbocycles. The molecular formula is C32H52O5. The van der Waals surface area contributed by atoms with Crippen molar-refractivity contribution in [2.75, 3.05) is 0 Å². The Labute approximate surface area is 224 Å². The maximum atomic E-state index is 12.6. The SMILES string of the molecule is CC(=O)O[C@H]1C[C@H]2[C@@H](C(C)(C)O)CC[C@]2(C)[C@H]2CC[C@H]3[C@@]4(C)CCC[C@](C)(C(=O)O)[C@@H]4CC[C@@]3(C)[C@]12C. The van der Waals surface area contributed by atoms with E-state index < -0.39 is 17.0 Å². The molecule has 11 atom stereocenters. The summed E-state index contributed by atoms with van der Waals surface area (Å²) < 4.78 is 6.33. The van der Waals surface area contributed by atoms with Crippen LogP contribution in [0.15, 0.2) is 0 Å². The summed E-state index contributed by atoms with van der Waals surface area (Å²) in [5.41, 5.74) is -1.51. The van der Waals surface area contributed by atoms with Gasteiger partial charge in [-0.15, -0.1) is 0 Å². The molecular weight excluding hydrogens is 464 g/mol. The molecule has 210 valence electrons. The molecule has 0 bridgehead atoms. The van der Waals surface area contributed by atoms with Gasteiger partial charge in [0.05, 0.1) is 11.0 Å². The zero-order chi connectivity index (χ0) is 27.4. The highest BCUT2D eigenvalue weighted by Gasteiger charge is 2.74. The number of fused-ring (bicyclic) bond motifs is 7. The first-order valence-electron chi connectivity index (χ1n) is 15.1. The number of carboxylic acids is 1. The quantitative estimate of drug-likeness (QED) is 0.401. The van der Waals surface area contributed by atoms with Crippen molar-refractivity contribution in [3.05, 3.63) is 0 Å². The van der Waals surface area contributed by atoms with E-state index in [4.69, 9.17) is 4.74 Å². The minimum atomic E-state index is -0.743. The number of carbonyl (C=O) groups excluding carboxylic acids is 1. The van der Waals surface area contributed by atoms with Crippen LogP contribution in [-0.2, 0) is 14.3 Å². The lowest BCUT2D eigenvalue weighted by atomic mass is 9.31. The molecule has 0 unspecified atom stereocenters. The lowest BCUT2D eigenvalue weighted by Crippen LogP contribution is -2.70. The van der Waals surface area contributed by atoms with E-state index in [2.05, 4.69) is 27.7 Å². The fraction of sp³-hybridized carbons (Fsp3) is 0.938. The molecule has 5 aliphatic rings. The first-order valence-corrected chi connectivity index (χ1v) is 15.1. The van der Waals surface area contributed by atoms with Gasteiger partial charge in [-0.3, -0.25) is 9.59 Å². The fourth-order valence-corrected chi connectivity index (χ4v) is 12.4. The number of hydrogen-bond acceptors (Lipinski definition) is 4. The van der Waals surface area contributed by atoms with E-state index in [0.29, 0.717) is 17.8 Å². The van der Waals surface area contributed by atoms with Gasteiger partial charge in [-0.1, -0.05) is 34.1 Å². The van der Waals surface area contributed by atoms with Crippen LogP contribution in [0.2, 0.25) is 0 Å². The minimum absolute atomic E-state index is 0.0177. The van der Waals surface area contributed by atoms with Crippen molar-refractivity contribution < 1.29 is 24.5 Å². The summed E-state index contributed by atoms with van der Waals surface area (Å²) in [6, 6.07) is 0. The Hall–Kier alpha value is -1.10. The monoisotopic (exact) mass is 516 g/mol. The third-order valence-electron chi connectivity index (χ3n) is 14.2. The molecule has 0 radical (unpaired) electrons. The lowest BCUT2D eigenvalue weighted by Gasteiger charge is -2.73. The number of ether oxygens (including phenoxy) is 1. The highest BCUT2D eigenvalue weighted by atomic mass is 16.5. The number of carboxylic acid groups (broad SMARTS) is 1. The smallest absolute Gasteiger partial charge is 0.309 e. The van der Waals surface area contributed by atoms with Crippen LogP contribution in [0, 0.1) is 56.7 Å². The summed E-state index contributed by atoms with van der Waals surface area (Å²) in [6.45, 7) is 17.3. The maximum absolute atomic E-state index is 12.6. The van der Waals surface area contributed by atoms with Gasteiger partial charge in [-0.2, -0.15) is 0 Å². The van der Waals surface area contributed by atoms with Crippen LogP contribution < -0.4 is 0 Å². The van der Waals surface area contributed by atoms with Crippen LogP contribution in [0.4, 0.5) is 0 Å². The molecule has 0 aromatic rings. The molecule has 5 rings (SSSR count). The normalized spacial score (nSPS) is 53.3. The summed E-state index contributed by atoms with van der Waals surface area (Å²) in [4.78, 5) is 25.1. The van der Waals surface area contributed by atoms with Crippen molar-refractivity contribution >= 4 is 11.9 Å². The van der Waals surface area contributed by atoms with Crippen LogP contribution in [0.25, 0.3) is 0 Å². The summed E-state index contributed by atoms with van der Waals surface area (Å²) in [7, 11) is 0. The molecule has 0 spiro atoms. The third kappa shape index (κ3) is 3.43. The second kappa shape index (κ2) is 8.21. The maximum Gasteiger partial charge on any atom is 0.309 e. The van der Waals surface area contributed by atoms with Crippen LogP contribution in [0.5, 0.6) is 0 Å². The van der Waals surface area contributed by atoms with E-state index in [1.54, 1.807) is 6.92 Å². The molecule has 0 saturated heterocycles. The summed E-state index contributed by atoms with van der Waals surface area (Å²) in [6.07, 6.45) is 9.83. The Kier molecular flexibility index (Phi) is 6.09. The first-order chi connectivity index (χ1) is 17.0. The number of aliphatic carboxylic acids is 1. The Morgan fingerprint density at radius 1 is 0.838 bits per heavy atom. The van der Waals surface area contributed by atoms with E-state index in [1.807, 2.05) is 20.8 Å². The molecule has 5 fully saturated rings. The molecule has 2 N–H and O–H groups in total. The van der Waals surface area contributed by atoms with Gasteiger partial charge in [0.15, 0.2) is 0 Å². The Balaban J connectivity index is 1.61. The zero-order valence-corrected chi connectivity index (χ0v) is 24.7. The van der Waals surface area contributed by atoms with E-state index in [1.165, 1.54) is 0 Å². The molecule has 5 heteroatoms. The second-order valence-corrected chi connectivity index (χ2v) is 15.8. The van der Waals surface area contributed by atoms with Crippen molar-refractivity contribution in [3.8, 4) is 0 Å². The topological polar surface area (TPSA) is 83.8 Å². The van der Waals surface area contributed by atoms with Crippen LogP contribution in [0.3, 0.4) is 0 Å². The molecule has 5 nitrogen and oxygen atoms in total. The molecule has 37 heavy (non-hydrogen) atoms. The van der Waals surface area contributed by atoms with Gasteiger partial charge < -0.3 is 14.9 Å². The van der Waals surface area contributed by atoms with Crippen molar-refractivity contribution in [3.63, 3.8) is 0 Å². The second-order valence-electron chi connectivity index (χ2n) is 15.8. The first kappa shape index (κ1) is 27.5. The predicted octanol–water partition coefficient (Wildman–Crippen LogP) is 6.86. The summed E-state index contributed by atoms with van der Waals surface area (Å²) >= 11 is 0. The molecule has 5 aliphatic carbocycles. The standard InChI is InChI=1S/C32H52O5/c1-19(33)37-25-18-21-20(27(2,3)36)12-16-28(21,4)24-11-10-23-29(5)14-9-15-30(6,26(34)35)22(29)13-17-31(23,7)32(24,25)8/h20-25,36H,9-18H2,1-8H3,(H,34,35)/t20-,21-,22+,23-,24+,25-,28-,29-,30-,31+,32-/m0/s1. The van der Waals surface area contributed by atoms with Crippen molar-refractivity contribution in [2.24, 2.45) is 56.7 Å². The van der Waals surface area contributed by atoms with E-state index in [-0.39, 0.29) is 45.6 Å². The third-order valence-corrected chi connectivity index (χ3v) is 14.2. The predicted molar refractivity (Wildman–Crippen MR) is 144 cm³/mol. The van der Waals surface area contributed by atoms with Gasteiger partial charge in [-0.25, -0.2) is 0 Å². The number of aliphatic hydroxyl groups is 1. The fourth-order valence-electron chi connectivity index (χ4n) is 12.4.